The quantitative estimate of drug-likeness (QED) is 0.789. The molecule has 0 heterocycles. The molecule has 0 amide bonds. The van der Waals surface area contributed by atoms with Crippen LogP contribution in [0.2, 0.25) is 5.02 Å². The number of hydrogen-bond donors (Lipinski definition) is 1. The molecule has 0 bridgehead atoms. The van der Waals surface area contributed by atoms with Crippen molar-refractivity contribution in [2.45, 2.75) is 38.2 Å². The minimum atomic E-state index is -0.747. The van der Waals surface area contributed by atoms with Crippen LogP contribution in [-0.4, -0.2) is 5.11 Å². The van der Waals surface area contributed by atoms with Gasteiger partial charge < -0.3 is 5.11 Å². The lowest BCUT2D eigenvalue weighted by atomic mass is 9.95. The van der Waals surface area contributed by atoms with Crippen molar-refractivity contribution in [2.24, 2.45) is 5.92 Å². The molecular weight excluding hydrogens is 306 g/mol. The molecule has 1 unspecified atom stereocenters. The van der Waals surface area contributed by atoms with Crippen LogP contribution in [0.4, 0.5) is 4.39 Å². The number of halogens is 3. The third kappa shape index (κ3) is 3.01. The highest BCUT2D eigenvalue weighted by molar-refractivity contribution is 9.10. The molecule has 94 valence electrons. The molecule has 4 heteroatoms. The molecule has 0 radical (unpaired) electrons. The fourth-order valence-corrected chi connectivity index (χ4v) is 2.97. The van der Waals surface area contributed by atoms with Crippen molar-refractivity contribution in [3.8, 4) is 0 Å². The zero-order valence-electron chi connectivity index (χ0n) is 9.43. The van der Waals surface area contributed by atoms with Crippen molar-refractivity contribution in [3.05, 3.63) is 33.0 Å². The summed E-state index contributed by atoms with van der Waals surface area (Å²) in [4.78, 5) is 0. The molecule has 0 aliphatic heterocycles. The average molecular weight is 322 g/mol. The first-order valence-electron chi connectivity index (χ1n) is 5.91. The molecule has 1 aliphatic carbocycles. The van der Waals surface area contributed by atoms with E-state index in [4.69, 9.17) is 11.6 Å². The summed E-state index contributed by atoms with van der Waals surface area (Å²) in [7, 11) is 0. The minimum absolute atomic E-state index is 0.0490. The summed E-state index contributed by atoms with van der Waals surface area (Å²) < 4.78 is 14.4. The molecular formula is C13H15BrClFO. The highest BCUT2D eigenvalue weighted by atomic mass is 79.9. The number of hydrogen-bond acceptors (Lipinski definition) is 1. The van der Waals surface area contributed by atoms with Crippen LogP contribution in [-0.2, 0) is 0 Å². The summed E-state index contributed by atoms with van der Waals surface area (Å²) in [6.07, 6.45) is 4.62. The number of aliphatic hydroxyl groups is 1. The van der Waals surface area contributed by atoms with E-state index in [1.807, 2.05) is 0 Å². The van der Waals surface area contributed by atoms with Gasteiger partial charge in [0.05, 0.1) is 11.1 Å². The summed E-state index contributed by atoms with van der Waals surface area (Å²) in [6, 6.07) is 3.28. The van der Waals surface area contributed by atoms with Gasteiger partial charge in [-0.05, 0) is 34.3 Å². The molecule has 0 spiro atoms. The van der Waals surface area contributed by atoms with Gasteiger partial charge in [0.25, 0.3) is 0 Å². The first-order valence-corrected chi connectivity index (χ1v) is 7.08. The monoisotopic (exact) mass is 320 g/mol. The molecule has 1 aliphatic rings. The molecule has 1 fully saturated rings. The molecule has 1 atom stereocenters. The predicted molar refractivity (Wildman–Crippen MR) is 70.6 cm³/mol. The second kappa shape index (κ2) is 5.68. The van der Waals surface area contributed by atoms with Gasteiger partial charge in [-0.15, -0.1) is 0 Å². The Kier molecular flexibility index (Phi) is 4.45. The molecule has 0 saturated heterocycles. The van der Waals surface area contributed by atoms with Crippen molar-refractivity contribution in [1.29, 1.82) is 0 Å². The van der Waals surface area contributed by atoms with E-state index in [1.165, 1.54) is 12.8 Å². The van der Waals surface area contributed by atoms with E-state index in [0.29, 0.717) is 22.4 Å². The van der Waals surface area contributed by atoms with Crippen molar-refractivity contribution in [2.75, 3.05) is 0 Å². The van der Waals surface area contributed by atoms with E-state index in [0.717, 1.165) is 12.8 Å². The van der Waals surface area contributed by atoms with Crippen LogP contribution in [0.5, 0.6) is 0 Å². The zero-order chi connectivity index (χ0) is 12.4. The minimum Gasteiger partial charge on any atom is -0.388 e. The summed E-state index contributed by atoms with van der Waals surface area (Å²) in [5.74, 6) is 0.0124. The van der Waals surface area contributed by atoms with E-state index < -0.39 is 11.9 Å². The lowest BCUT2D eigenvalue weighted by Gasteiger charge is -2.17. The fourth-order valence-electron chi connectivity index (χ4n) is 2.49. The highest BCUT2D eigenvalue weighted by Gasteiger charge is 2.23. The van der Waals surface area contributed by atoms with Crippen LogP contribution >= 0.6 is 27.5 Å². The lowest BCUT2D eigenvalue weighted by Crippen LogP contribution is -2.06. The molecule has 2 rings (SSSR count). The van der Waals surface area contributed by atoms with Gasteiger partial charge in [0.15, 0.2) is 0 Å². The Labute approximate surface area is 114 Å². The van der Waals surface area contributed by atoms with Gasteiger partial charge >= 0.3 is 0 Å². The third-order valence-electron chi connectivity index (χ3n) is 3.46. The van der Waals surface area contributed by atoms with E-state index in [9.17, 15) is 9.50 Å². The van der Waals surface area contributed by atoms with E-state index in [-0.39, 0.29) is 5.02 Å². The fraction of sp³-hybridized carbons (Fsp3) is 0.538. The number of benzene rings is 1. The summed E-state index contributed by atoms with van der Waals surface area (Å²) in [6.45, 7) is 0. The Morgan fingerprint density at radius 3 is 2.71 bits per heavy atom. The first-order chi connectivity index (χ1) is 8.09. The zero-order valence-corrected chi connectivity index (χ0v) is 11.8. The van der Waals surface area contributed by atoms with Gasteiger partial charge in [-0.3, -0.25) is 0 Å². The molecule has 1 N–H and O–H groups in total. The summed E-state index contributed by atoms with van der Waals surface area (Å²) >= 11 is 8.97. The molecule has 1 nitrogen and oxygen atoms in total. The Bertz CT molecular complexity index is 405. The van der Waals surface area contributed by atoms with Crippen LogP contribution in [0.3, 0.4) is 0 Å². The van der Waals surface area contributed by atoms with Crippen LogP contribution in [0, 0.1) is 11.7 Å². The van der Waals surface area contributed by atoms with E-state index >= 15 is 0 Å². The standard InChI is InChI=1S/C13H15BrClFO/c14-10-6-5-9(13(16)12(10)15)11(17)7-8-3-1-2-4-8/h5-6,8,11,17H,1-4,7H2. The van der Waals surface area contributed by atoms with Crippen molar-refractivity contribution in [3.63, 3.8) is 0 Å². The predicted octanol–water partition coefficient (Wildman–Crippen LogP) is 4.86. The number of rotatable bonds is 3. The molecule has 0 aromatic heterocycles. The van der Waals surface area contributed by atoms with E-state index in [2.05, 4.69) is 15.9 Å². The largest absolute Gasteiger partial charge is 0.388 e. The first kappa shape index (κ1) is 13.3. The molecule has 1 aromatic rings. The topological polar surface area (TPSA) is 20.2 Å². The van der Waals surface area contributed by atoms with Crippen LogP contribution < -0.4 is 0 Å². The maximum atomic E-state index is 13.9. The molecule has 1 aromatic carbocycles. The lowest BCUT2D eigenvalue weighted by molar-refractivity contribution is 0.141. The van der Waals surface area contributed by atoms with Gasteiger partial charge in [0.1, 0.15) is 5.82 Å². The Morgan fingerprint density at radius 1 is 1.41 bits per heavy atom. The summed E-state index contributed by atoms with van der Waals surface area (Å²) in [5, 5.41) is 10.1. The Hall–Kier alpha value is -0.120. The van der Waals surface area contributed by atoms with Crippen molar-refractivity contribution >= 4 is 27.5 Å². The number of aliphatic hydroxyl groups excluding tert-OH is 1. The average Bonchev–Trinajstić information content (AvgIpc) is 2.78. The van der Waals surface area contributed by atoms with Crippen LogP contribution in [0.15, 0.2) is 16.6 Å². The molecule has 17 heavy (non-hydrogen) atoms. The van der Waals surface area contributed by atoms with E-state index in [1.54, 1.807) is 12.1 Å². The maximum absolute atomic E-state index is 13.9. The van der Waals surface area contributed by atoms with Gasteiger partial charge in [-0.25, -0.2) is 4.39 Å². The third-order valence-corrected chi connectivity index (χ3v) is 4.71. The smallest absolute Gasteiger partial charge is 0.148 e. The van der Waals surface area contributed by atoms with Crippen LogP contribution in [0.25, 0.3) is 0 Å². The van der Waals surface area contributed by atoms with Gasteiger partial charge in [0.2, 0.25) is 0 Å². The second-order valence-corrected chi connectivity index (χ2v) is 5.90. The molecule has 1 saturated carbocycles. The Morgan fingerprint density at radius 2 is 2.06 bits per heavy atom. The highest BCUT2D eigenvalue weighted by Crippen LogP contribution is 2.36. The SMILES string of the molecule is OC(CC1CCCC1)c1ccc(Br)c(Cl)c1F. The normalized spacial score (nSPS) is 18.6. The second-order valence-electron chi connectivity index (χ2n) is 4.67. The van der Waals surface area contributed by atoms with Crippen molar-refractivity contribution < 1.29 is 9.50 Å². The maximum Gasteiger partial charge on any atom is 0.148 e. The van der Waals surface area contributed by atoms with Gasteiger partial charge in [-0.1, -0.05) is 43.4 Å². The summed E-state index contributed by atoms with van der Waals surface area (Å²) in [5.41, 5.74) is 0.310. The van der Waals surface area contributed by atoms with Gasteiger partial charge in [0, 0.05) is 10.0 Å². The van der Waals surface area contributed by atoms with Crippen molar-refractivity contribution in [1.82, 2.24) is 0 Å². The van der Waals surface area contributed by atoms with Crippen LogP contribution in [0.1, 0.15) is 43.8 Å². The van der Waals surface area contributed by atoms with Gasteiger partial charge in [-0.2, -0.15) is 0 Å². The Balaban J connectivity index is 2.13.